The van der Waals surface area contributed by atoms with Crippen molar-refractivity contribution in [2.45, 2.75) is 96.6 Å². The fourth-order valence-corrected chi connectivity index (χ4v) is 6.69. The van der Waals surface area contributed by atoms with E-state index in [2.05, 4.69) is 29.5 Å². The van der Waals surface area contributed by atoms with Gasteiger partial charge in [0.05, 0.1) is 36.0 Å². The molecule has 12 heteroatoms. The molecule has 0 radical (unpaired) electrons. The first-order chi connectivity index (χ1) is 23.3. The lowest BCUT2D eigenvalue weighted by Crippen LogP contribution is -2.47. The number of benzene rings is 2. The van der Waals surface area contributed by atoms with Gasteiger partial charge >= 0.3 is 12.2 Å². The van der Waals surface area contributed by atoms with Crippen molar-refractivity contribution in [3.05, 3.63) is 53.6 Å². The summed E-state index contributed by atoms with van der Waals surface area (Å²) in [6.45, 7) is 8.29. The van der Waals surface area contributed by atoms with E-state index >= 15 is 0 Å². The molecule has 1 fully saturated rings. The Balaban J connectivity index is 1.55. The number of urea groups is 1. The molecule has 9 nitrogen and oxygen atoms in total. The topological polar surface area (TPSA) is 103 Å². The van der Waals surface area contributed by atoms with Gasteiger partial charge in [0.25, 0.3) is 5.91 Å². The summed E-state index contributed by atoms with van der Waals surface area (Å²) in [7, 11) is 2.15. The van der Waals surface area contributed by atoms with Gasteiger partial charge < -0.3 is 35.0 Å². The van der Waals surface area contributed by atoms with Crippen LogP contribution in [0.5, 0.6) is 5.75 Å². The fourth-order valence-electron chi connectivity index (χ4n) is 6.69. The van der Waals surface area contributed by atoms with Gasteiger partial charge in [-0.2, -0.15) is 13.2 Å². The van der Waals surface area contributed by atoms with Crippen LogP contribution in [0.4, 0.5) is 29.3 Å². The van der Waals surface area contributed by atoms with Gasteiger partial charge in [0, 0.05) is 43.5 Å². The molecule has 2 aromatic rings. The normalized spacial score (nSPS) is 22.5. The molecular formula is C37H53F3N4O5. The van der Waals surface area contributed by atoms with Crippen molar-refractivity contribution in [1.82, 2.24) is 9.80 Å². The van der Waals surface area contributed by atoms with Gasteiger partial charge in [0.15, 0.2) is 0 Å². The second-order valence-corrected chi connectivity index (χ2v) is 13.9. The first kappa shape index (κ1) is 38.5. The van der Waals surface area contributed by atoms with Crippen molar-refractivity contribution in [1.29, 1.82) is 0 Å². The van der Waals surface area contributed by atoms with Gasteiger partial charge in [-0.05, 0) is 101 Å². The summed E-state index contributed by atoms with van der Waals surface area (Å²) >= 11 is 0. The molecule has 1 heterocycles. The minimum Gasteiger partial charge on any atom is -0.490 e. The van der Waals surface area contributed by atoms with Crippen LogP contribution in [0.3, 0.4) is 0 Å². The highest BCUT2D eigenvalue weighted by Crippen LogP contribution is 2.31. The average molecular weight is 691 g/mol. The van der Waals surface area contributed by atoms with Crippen LogP contribution in [0.15, 0.2) is 42.5 Å². The summed E-state index contributed by atoms with van der Waals surface area (Å²) in [5, 5.41) is 15.4. The van der Waals surface area contributed by atoms with Crippen molar-refractivity contribution in [3.8, 4) is 5.75 Å². The lowest BCUT2D eigenvalue weighted by atomic mass is 9.89. The number of aliphatic hydroxyl groups is 1. The molecule has 0 bridgehead atoms. The molecule has 3 amide bonds. The second kappa shape index (κ2) is 18.1. The zero-order valence-corrected chi connectivity index (χ0v) is 29.2. The highest BCUT2D eigenvalue weighted by atomic mass is 19.4. The average Bonchev–Trinajstić information content (AvgIpc) is 3.06. The molecule has 1 saturated carbocycles. The lowest BCUT2D eigenvalue weighted by molar-refractivity contribution is -0.137. The van der Waals surface area contributed by atoms with Crippen LogP contribution >= 0.6 is 0 Å². The third-order valence-corrected chi connectivity index (χ3v) is 9.57. The van der Waals surface area contributed by atoms with Crippen LogP contribution in [0, 0.1) is 11.8 Å². The maximum atomic E-state index is 14.4. The number of nitrogens with one attached hydrogen (secondary N) is 2. The molecule has 0 spiro atoms. The molecule has 272 valence electrons. The lowest BCUT2D eigenvalue weighted by Gasteiger charge is -2.36. The summed E-state index contributed by atoms with van der Waals surface area (Å²) in [4.78, 5) is 31.2. The number of fused-ring (bicyclic) bond motifs is 1. The minimum atomic E-state index is -4.49. The van der Waals surface area contributed by atoms with Gasteiger partial charge in [-0.3, -0.25) is 4.79 Å². The van der Waals surface area contributed by atoms with E-state index in [-0.39, 0.29) is 41.9 Å². The fraction of sp³-hybridized carbons (Fsp3) is 0.622. The third-order valence-electron chi connectivity index (χ3n) is 9.57. The number of nitrogens with zero attached hydrogens (tertiary/aromatic N) is 2. The highest BCUT2D eigenvalue weighted by Gasteiger charge is 2.32. The molecule has 0 unspecified atom stereocenters. The van der Waals surface area contributed by atoms with Crippen LogP contribution in [0.25, 0.3) is 0 Å². The second-order valence-electron chi connectivity index (χ2n) is 13.9. The molecular weight excluding hydrogens is 637 g/mol. The van der Waals surface area contributed by atoms with E-state index in [0.29, 0.717) is 30.5 Å². The van der Waals surface area contributed by atoms with Crippen molar-refractivity contribution < 1.29 is 37.3 Å². The number of carbonyl (C=O) groups is 2. The van der Waals surface area contributed by atoms with Gasteiger partial charge in [-0.1, -0.05) is 26.2 Å². The highest BCUT2D eigenvalue weighted by molar-refractivity contribution is 6.02. The first-order valence-electron chi connectivity index (χ1n) is 17.6. The van der Waals surface area contributed by atoms with Crippen LogP contribution in [0.2, 0.25) is 0 Å². The van der Waals surface area contributed by atoms with Crippen LogP contribution < -0.4 is 15.4 Å². The van der Waals surface area contributed by atoms with Crippen LogP contribution in [-0.4, -0.2) is 85.0 Å². The summed E-state index contributed by atoms with van der Waals surface area (Å²) in [5.74, 6) is 0.659. The van der Waals surface area contributed by atoms with Gasteiger partial charge in [0.2, 0.25) is 0 Å². The molecule has 49 heavy (non-hydrogen) atoms. The standard InChI is InChI=1S/C37H53F3N4O5/c1-25-21-44(26(2)24-45)35(46)32-20-31(42-36(47)41-30-15-13-29(14-16-30)37(38,39)40)17-18-33(32)49-27(3)10-8-9-19-48-34(25)23-43(4)22-28-11-6-5-7-12-28/h13-18,20,25-28,34,45H,5-12,19,21-24H2,1-4H3,(H2,41,42,47)/t25-,26+,27-,34-/m0/s1. The van der Waals surface area contributed by atoms with E-state index in [1.165, 1.54) is 50.3 Å². The zero-order valence-electron chi connectivity index (χ0n) is 29.2. The molecule has 1 aliphatic carbocycles. The summed E-state index contributed by atoms with van der Waals surface area (Å²) in [6, 6.07) is 7.72. The Bertz CT molecular complexity index is 1350. The molecule has 0 aromatic heterocycles. The first-order valence-corrected chi connectivity index (χ1v) is 17.6. The van der Waals surface area contributed by atoms with Gasteiger partial charge in [0.1, 0.15) is 5.75 Å². The number of rotatable bonds is 8. The van der Waals surface area contributed by atoms with E-state index in [0.717, 1.165) is 44.5 Å². The predicted molar refractivity (Wildman–Crippen MR) is 185 cm³/mol. The molecule has 2 aliphatic rings. The number of anilines is 2. The number of hydrogen-bond donors (Lipinski definition) is 3. The monoisotopic (exact) mass is 690 g/mol. The smallest absolute Gasteiger partial charge is 0.416 e. The Labute approximate surface area is 288 Å². The molecule has 1 aliphatic heterocycles. The molecule has 4 rings (SSSR count). The third kappa shape index (κ3) is 11.6. The summed E-state index contributed by atoms with van der Waals surface area (Å²) in [5.41, 5.74) is -0.118. The number of aliphatic hydroxyl groups excluding tert-OH is 1. The van der Waals surface area contributed by atoms with E-state index in [9.17, 15) is 27.9 Å². The maximum absolute atomic E-state index is 14.4. The van der Waals surface area contributed by atoms with E-state index < -0.39 is 23.8 Å². The van der Waals surface area contributed by atoms with Crippen LogP contribution in [-0.2, 0) is 10.9 Å². The maximum Gasteiger partial charge on any atom is 0.416 e. The Morgan fingerprint density at radius 3 is 2.31 bits per heavy atom. The Kier molecular flexibility index (Phi) is 14.2. The molecule has 4 atom stereocenters. The van der Waals surface area contributed by atoms with Gasteiger partial charge in [-0.25, -0.2) is 4.79 Å². The van der Waals surface area contributed by atoms with E-state index in [4.69, 9.17) is 9.47 Å². The van der Waals surface area contributed by atoms with Crippen molar-refractivity contribution >= 4 is 23.3 Å². The quantitative estimate of drug-likeness (QED) is 0.263. The SMILES string of the molecule is C[C@H](CO)N1C[C@H](C)[C@H](CN(C)CC2CCCCC2)OCCCC[C@H](C)Oc2ccc(NC(=O)Nc3ccc(C(F)(F)F)cc3)cc2C1=O. The number of hydrogen-bond acceptors (Lipinski definition) is 6. The number of halogens is 3. The molecule has 2 aromatic carbocycles. The Morgan fingerprint density at radius 1 is 0.980 bits per heavy atom. The summed E-state index contributed by atoms with van der Waals surface area (Å²) in [6.07, 6.45) is 4.13. The van der Waals surface area contributed by atoms with Gasteiger partial charge in [-0.15, -0.1) is 0 Å². The number of amides is 3. The largest absolute Gasteiger partial charge is 0.490 e. The Morgan fingerprint density at radius 2 is 1.63 bits per heavy atom. The Hall–Kier alpha value is -3.35. The van der Waals surface area contributed by atoms with Crippen LogP contribution in [0.1, 0.15) is 88.1 Å². The zero-order chi connectivity index (χ0) is 35.6. The number of carbonyl (C=O) groups excluding carboxylic acids is 2. The van der Waals surface area contributed by atoms with E-state index in [1.54, 1.807) is 24.0 Å². The minimum absolute atomic E-state index is 0.0474. The number of ether oxygens (including phenoxy) is 2. The molecule has 3 N–H and O–H groups in total. The number of likely N-dealkylation sites (N-methyl/N-ethyl adjacent to an activating group) is 1. The van der Waals surface area contributed by atoms with Crippen molar-refractivity contribution in [2.75, 3.05) is 50.5 Å². The number of alkyl halides is 3. The predicted octanol–water partition coefficient (Wildman–Crippen LogP) is 7.66. The van der Waals surface area contributed by atoms with E-state index in [1.807, 2.05) is 6.92 Å². The van der Waals surface area contributed by atoms with Crippen molar-refractivity contribution in [2.24, 2.45) is 11.8 Å². The molecule has 0 saturated heterocycles. The summed E-state index contributed by atoms with van der Waals surface area (Å²) < 4.78 is 51.6. The van der Waals surface area contributed by atoms with Crippen molar-refractivity contribution in [3.63, 3.8) is 0 Å².